The lowest BCUT2D eigenvalue weighted by Crippen LogP contribution is -1.90. The number of ether oxygens (including phenoxy) is 1. The largest absolute Gasteiger partial charge is 0.457 e. The van der Waals surface area contributed by atoms with Gasteiger partial charge in [0.1, 0.15) is 11.5 Å². The standard InChI is InChI=1S/C13H9BrCl2O/c14-8-11-12(16)2-1-3-13(11)17-10-6-4-9(15)5-7-10/h1-7H,8H2. The average Bonchev–Trinajstić information content (AvgIpc) is 2.32. The van der Waals surface area contributed by atoms with Gasteiger partial charge in [0.2, 0.25) is 0 Å². The SMILES string of the molecule is Clc1ccc(Oc2cccc(Cl)c2CBr)cc1. The smallest absolute Gasteiger partial charge is 0.132 e. The van der Waals surface area contributed by atoms with Crippen molar-refractivity contribution in [1.29, 1.82) is 0 Å². The maximum absolute atomic E-state index is 6.09. The minimum Gasteiger partial charge on any atom is -0.457 e. The molecule has 0 atom stereocenters. The zero-order chi connectivity index (χ0) is 12.3. The van der Waals surface area contributed by atoms with Crippen molar-refractivity contribution in [2.24, 2.45) is 0 Å². The molecule has 0 fully saturated rings. The Hall–Kier alpha value is -0.700. The molecule has 0 aliphatic carbocycles. The zero-order valence-electron chi connectivity index (χ0n) is 8.79. The fourth-order valence-electron chi connectivity index (χ4n) is 1.39. The maximum Gasteiger partial charge on any atom is 0.132 e. The minimum absolute atomic E-state index is 0.648. The topological polar surface area (TPSA) is 9.23 Å². The van der Waals surface area contributed by atoms with Gasteiger partial charge in [-0.3, -0.25) is 0 Å². The maximum atomic E-state index is 6.09. The highest BCUT2D eigenvalue weighted by atomic mass is 79.9. The molecular formula is C13H9BrCl2O. The second-order valence-corrected chi connectivity index (χ2v) is 4.81. The highest BCUT2D eigenvalue weighted by molar-refractivity contribution is 9.08. The van der Waals surface area contributed by atoms with Gasteiger partial charge in [0, 0.05) is 20.9 Å². The molecule has 4 heteroatoms. The van der Waals surface area contributed by atoms with Crippen LogP contribution in [-0.4, -0.2) is 0 Å². The van der Waals surface area contributed by atoms with E-state index in [9.17, 15) is 0 Å². The van der Waals surface area contributed by atoms with Crippen molar-refractivity contribution in [1.82, 2.24) is 0 Å². The summed E-state index contributed by atoms with van der Waals surface area (Å²) >= 11 is 15.3. The fourth-order valence-corrected chi connectivity index (χ4v) is 2.49. The average molecular weight is 332 g/mol. The molecule has 0 N–H and O–H groups in total. The monoisotopic (exact) mass is 330 g/mol. The van der Waals surface area contributed by atoms with Gasteiger partial charge >= 0.3 is 0 Å². The van der Waals surface area contributed by atoms with Crippen LogP contribution in [0.15, 0.2) is 42.5 Å². The van der Waals surface area contributed by atoms with E-state index in [-0.39, 0.29) is 0 Å². The van der Waals surface area contributed by atoms with Gasteiger partial charge in [-0.2, -0.15) is 0 Å². The number of halogens is 3. The predicted octanol–water partition coefficient (Wildman–Crippen LogP) is 5.68. The van der Waals surface area contributed by atoms with E-state index in [1.54, 1.807) is 12.1 Å². The van der Waals surface area contributed by atoms with E-state index in [1.165, 1.54) is 0 Å². The molecule has 0 aromatic heterocycles. The Morgan fingerprint density at radius 2 is 1.71 bits per heavy atom. The third kappa shape index (κ3) is 3.15. The quantitative estimate of drug-likeness (QED) is 0.657. The summed E-state index contributed by atoms with van der Waals surface area (Å²) in [5, 5.41) is 2.02. The summed E-state index contributed by atoms with van der Waals surface area (Å²) in [6.45, 7) is 0. The molecule has 0 amide bonds. The summed E-state index contributed by atoms with van der Waals surface area (Å²) in [6, 6.07) is 12.8. The summed E-state index contributed by atoms with van der Waals surface area (Å²) in [7, 11) is 0. The van der Waals surface area contributed by atoms with Gasteiger partial charge in [-0.05, 0) is 36.4 Å². The summed E-state index contributed by atoms with van der Waals surface area (Å²) in [6.07, 6.45) is 0. The second-order valence-electron chi connectivity index (χ2n) is 3.41. The van der Waals surface area contributed by atoms with Gasteiger partial charge in [0.05, 0.1) is 0 Å². The number of rotatable bonds is 3. The molecule has 0 saturated heterocycles. The predicted molar refractivity (Wildman–Crippen MR) is 75.6 cm³/mol. The molecular weight excluding hydrogens is 323 g/mol. The van der Waals surface area contributed by atoms with Crippen LogP contribution in [-0.2, 0) is 5.33 Å². The molecule has 2 aromatic carbocycles. The van der Waals surface area contributed by atoms with Crippen LogP contribution in [0.25, 0.3) is 0 Å². The molecule has 0 radical (unpaired) electrons. The van der Waals surface area contributed by atoms with Crippen molar-refractivity contribution in [2.45, 2.75) is 5.33 Å². The first-order chi connectivity index (χ1) is 8.20. The third-order valence-electron chi connectivity index (χ3n) is 2.25. The van der Waals surface area contributed by atoms with Crippen LogP contribution < -0.4 is 4.74 Å². The number of benzene rings is 2. The van der Waals surface area contributed by atoms with E-state index >= 15 is 0 Å². The van der Waals surface area contributed by atoms with E-state index in [1.807, 2.05) is 30.3 Å². The minimum atomic E-state index is 0.648. The zero-order valence-corrected chi connectivity index (χ0v) is 11.9. The summed E-state index contributed by atoms with van der Waals surface area (Å²) in [4.78, 5) is 0. The second kappa shape index (κ2) is 5.76. The number of hydrogen-bond donors (Lipinski definition) is 0. The van der Waals surface area contributed by atoms with Crippen molar-refractivity contribution < 1.29 is 4.74 Å². The molecule has 0 unspecified atom stereocenters. The Bertz CT molecular complexity index is 511. The molecule has 0 bridgehead atoms. The Morgan fingerprint density at radius 1 is 1.00 bits per heavy atom. The first-order valence-electron chi connectivity index (χ1n) is 4.97. The van der Waals surface area contributed by atoms with E-state index in [0.29, 0.717) is 15.4 Å². The lowest BCUT2D eigenvalue weighted by atomic mass is 10.2. The van der Waals surface area contributed by atoms with Crippen LogP contribution in [0.1, 0.15) is 5.56 Å². The van der Waals surface area contributed by atoms with Crippen molar-refractivity contribution >= 4 is 39.1 Å². The first-order valence-corrected chi connectivity index (χ1v) is 6.85. The number of hydrogen-bond acceptors (Lipinski definition) is 1. The fraction of sp³-hybridized carbons (Fsp3) is 0.0769. The third-order valence-corrected chi connectivity index (χ3v) is 3.42. The van der Waals surface area contributed by atoms with Crippen LogP contribution in [0.5, 0.6) is 11.5 Å². The molecule has 0 saturated carbocycles. The van der Waals surface area contributed by atoms with Crippen molar-refractivity contribution in [3.05, 3.63) is 58.1 Å². The van der Waals surface area contributed by atoms with Crippen molar-refractivity contribution in [3.8, 4) is 11.5 Å². The van der Waals surface area contributed by atoms with E-state index in [4.69, 9.17) is 27.9 Å². The normalized spacial score (nSPS) is 10.3. The molecule has 0 spiro atoms. The van der Waals surface area contributed by atoms with E-state index < -0.39 is 0 Å². The Labute approximate surface area is 118 Å². The Kier molecular flexibility index (Phi) is 4.32. The van der Waals surface area contributed by atoms with Gasteiger partial charge in [-0.15, -0.1) is 0 Å². The molecule has 1 nitrogen and oxygen atoms in total. The lowest BCUT2D eigenvalue weighted by molar-refractivity contribution is 0.478. The van der Waals surface area contributed by atoms with Crippen molar-refractivity contribution in [2.75, 3.05) is 0 Å². The van der Waals surface area contributed by atoms with Crippen LogP contribution in [0.4, 0.5) is 0 Å². The molecule has 88 valence electrons. The van der Waals surface area contributed by atoms with Gasteiger partial charge in [0.25, 0.3) is 0 Å². The molecule has 0 aliphatic heterocycles. The molecule has 2 aromatic rings. The van der Waals surface area contributed by atoms with Crippen LogP contribution in [0, 0.1) is 0 Å². The van der Waals surface area contributed by atoms with E-state index in [2.05, 4.69) is 15.9 Å². The van der Waals surface area contributed by atoms with Gasteiger partial charge in [-0.1, -0.05) is 45.2 Å². The van der Waals surface area contributed by atoms with Crippen LogP contribution in [0.3, 0.4) is 0 Å². The van der Waals surface area contributed by atoms with Gasteiger partial charge < -0.3 is 4.74 Å². The Balaban J connectivity index is 2.29. The van der Waals surface area contributed by atoms with Crippen molar-refractivity contribution in [3.63, 3.8) is 0 Å². The molecule has 0 aliphatic rings. The highest BCUT2D eigenvalue weighted by Gasteiger charge is 2.07. The van der Waals surface area contributed by atoms with Gasteiger partial charge in [-0.25, -0.2) is 0 Å². The number of alkyl halides is 1. The van der Waals surface area contributed by atoms with E-state index in [0.717, 1.165) is 17.1 Å². The molecule has 17 heavy (non-hydrogen) atoms. The summed E-state index contributed by atoms with van der Waals surface area (Å²) in [5.41, 5.74) is 0.934. The molecule has 0 heterocycles. The van der Waals surface area contributed by atoms with Crippen LogP contribution >= 0.6 is 39.1 Å². The molecule has 2 rings (SSSR count). The first kappa shape index (κ1) is 12.7. The van der Waals surface area contributed by atoms with Gasteiger partial charge in [0.15, 0.2) is 0 Å². The Morgan fingerprint density at radius 3 is 2.35 bits per heavy atom. The summed E-state index contributed by atoms with van der Waals surface area (Å²) < 4.78 is 5.76. The lowest BCUT2D eigenvalue weighted by Gasteiger charge is -2.10. The highest BCUT2D eigenvalue weighted by Crippen LogP contribution is 2.32. The van der Waals surface area contributed by atoms with Crippen LogP contribution in [0.2, 0.25) is 10.0 Å². The summed E-state index contributed by atoms with van der Waals surface area (Å²) in [5.74, 6) is 1.48.